The van der Waals surface area contributed by atoms with E-state index in [1.54, 1.807) is 24.5 Å². The fraction of sp³-hybridized carbons (Fsp3) is 0.478. The predicted molar refractivity (Wildman–Crippen MR) is 110 cm³/mol. The van der Waals surface area contributed by atoms with Crippen molar-refractivity contribution in [3.8, 4) is 6.07 Å². The van der Waals surface area contributed by atoms with Gasteiger partial charge >= 0.3 is 6.18 Å². The van der Waals surface area contributed by atoms with Crippen molar-refractivity contribution in [2.24, 2.45) is 11.3 Å². The van der Waals surface area contributed by atoms with E-state index in [1.807, 2.05) is 17.0 Å². The van der Waals surface area contributed by atoms with Crippen LogP contribution >= 0.6 is 0 Å². The van der Waals surface area contributed by atoms with Gasteiger partial charge in [-0.05, 0) is 67.2 Å². The molecule has 8 heteroatoms. The Hall–Kier alpha value is -2.63. The maximum absolute atomic E-state index is 13.4. The average Bonchev–Trinajstić information content (AvgIpc) is 3.13. The molecule has 5 nitrogen and oxygen atoms in total. The average molecular weight is 430 g/mol. The van der Waals surface area contributed by atoms with E-state index >= 15 is 0 Å². The number of rotatable bonds is 4. The molecule has 164 valence electrons. The van der Waals surface area contributed by atoms with Crippen LogP contribution in [0.2, 0.25) is 0 Å². The quantitative estimate of drug-likeness (QED) is 0.802. The van der Waals surface area contributed by atoms with Gasteiger partial charge < -0.3 is 10.0 Å². The molecular formula is C23H25F3N4O. The summed E-state index contributed by atoms with van der Waals surface area (Å²) in [4.78, 5) is 8.36. The Morgan fingerprint density at radius 3 is 2.48 bits per heavy atom. The Morgan fingerprint density at radius 2 is 1.87 bits per heavy atom. The van der Waals surface area contributed by atoms with Crippen LogP contribution in [0.4, 0.5) is 18.9 Å². The van der Waals surface area contributed by atoms with Gasteiger partial charge in [-0.1, -0.05) is 0 Å². The smallest absolute Gasteiger partial charge is 0.396 e. The summed E-state index contributed by atoms with van der Waals surface area (Å²) in [5.41, 5.74) is 0.279. The Kier molecular flexibility index (Phi) is 5.91. The van der Waals surface area contributed by atoms with Gasteiger partial charge in [0.1, 0.15) is 0 Å². The van der Waals surface area contributed by atoms with Crippen molar-refractivity contribution >= 4 is 5.69 Å². The van der Waals surface area contributed by atoms with Gasteiger partial charge in [-0.2, -0.15) is 18.4 Å². The number of halogens is 3. The van der Waals surface area contributed by atoms with Crippen LogP contribution < -0.4 is 4.90 Å². The second kappa shape index (κ2) is 8.48. The van der Waals surface area contributed by atoms with E-state index in [-0.39, 0.29) is 23.5 Å². The van der Waals surface area contributed by atoms with E-state index in [2.05, 4.69) is 9.88 Å². The van der Waals surface area contributed by atoms with Crippen LogP contribution in [0.15, 0.2) is 42.7 Å². The lowest BCUT2D eigenvalue weighted by molar-refractivity contribution is -0.137. The van der Waals surface area contributed by atoms with Crippen LogP contribution in [0.25, 0.3) is 0 Å². The highest BCUT2D eigenvalue weighted by molar-refractivity contribution is 5.56. The summed E-state index contributed by atoms with van der Waals surface area (Å²) in [5, 5.41) is 19.1. The van der Waals surface area contributed by atoms with Gasteiger partial charge in [-0.15, -0.1) is 0 Å². The predicted octanol–water partition coefficient (Wildman–Crippen LogP) is 3.68. The second-order valence-corrected chi connectivity index (χ2v) is 8.59. The zero-order valence-electron chi connectivity index (χ0n) is 17.1. The molecule has 2 aliphatic heterocycles. The van der Waals surface area contributed by atoms with Crippen molar-refractivity contribution in [2.45, 2.75) is 25.6 Å². The molecule has 1 N–H and O–H groups in total. The van der Waals surface area contributed by atoms with Crippen molar-refractivity contribution < 1.29 is 18.3 Å². The molecule has 0 saturated carbocycles. The van der Waals surface area contributed by atoms with E-state index in [9.17, 15) is 18.3 Å². The number of alkyl halides is 3. The molecule has 4 rings (SSSR count). The van der Waals surface area contributed by atoms with Crippen LogP contribution in [0.1, 0.15) is 29.5 Å². The fourth-order valence-electron chi connectivity index (χ4n) is 5.01. The molecule has 2 saturated heterocycles. The van der Waals surface area contributed by atoms with Gasteiger partial charge in [0.2, 0.25) is 0 Å². The summed E-state index contributed by atoms with van der Waals surface area (Å²) in [6.07, 6.45) is 0.770. The molecule has 2 fully saturated rings. The van der Waals surface area contributed by atoms with E-state index in [0.29, 0.717) is 18.8 Å². The molecule has 2 aliphatic rings. The lowest BCUT2D eigenvalue weighted by Crippen LogP contribution is -2.44. The number of nitriles is 1. The Morgan fingerprint density at radius 1 is 1.16 bits per heavy atom. The maximum atomic E-state index is 13.4. The minimum absolute atomic E-state index is 0.0144. The third-order valence-corrected chi connectivity index (χ3v) is 6.83. The number of aliphatic hydroxyl groups is 1. The van der Waals surface area contributed by atoms with Gasteiger partial charge in [0.05, 0.1) is 17.2 Å². The molecule has 2 aromatic rings. The van der Waals surface area contributed by atoms with Crippen molar-refractivity contribution in [2.75, 3.05) is 37.7 Å². The van der Waals surface area contributed by atoms with Gasteiger partial charge in [0.15, 0.2) is 0 Å². The first-order valence-corrected chi connectivity index (χ1v) is 10.4. The summed E-state index contributed by atoms with van der Waals surface area (Å²) in [6, 6.07) is 9.54. The number of benzene rings is 1. The summed E-state index contributed by atoms with van der Waals surface area (Å²) >= 11 is 0. The summed E-state index contributed by atoms with van der Waals surface area (Å²) < 4.78 is 40.2. The third kappa shape index (κ3) is 4.39. The lowest BCUT2D eigenvalue weighted by atomic mass is 9.71. The zero-order valence-corrected chi connectivity index (χ0v) is 17.1. The van der Waals surface area contributed by atoms with Gasteiger partial charge in [-0.25, -0.2) is 0 Å². The molecule has 1 aromatic heterocycles. The highest BCUT2D eigenvalue weighted by Gasteiger charge is 2.48. The van der Waals surface area contributed by atoms with Crippen LogP contribution in [0.5, 0.6) is 0 Å². The number of anilines is 1. The fourth-order valence-corrected chi connectivity index (χ4v) is 5.01. The second-order valence-electron chi connectivity index (χ2n) is 8.59. The molecule has 31 heavy (non-hydrogen) atoms. The number of aromatic nitrogens is 1. The van der Waals surface area contributed by atoms with Gasteiger partial charge in [0.25, 0.3) is 0 Å². The standard InChI is InChI=1S/C23H25F3N4O/c24-23(25,26)21-11-20(2-1-18(21)12-27)30-14-19(15-31)22(16-30)5-9-29(10-6-22)13-17-3-7-28-8-4-17/h1-4,7-8,11,19,31H,5-6,9-10,13-16H2. The van der Waals surface area contributed by atoms with Crippen LogP contribution in [-0.2, 0) is 12.7 Å². The summed E-state index contributed by atoms with van der Waals surface area (Å²) in [6.45, 7) is 3.76. The molecule has 1 spiro atoms. The number of aliphatic hydroxyl groups excluding tert-OH is 1. The molecule has 1 aromatic carbocycles. The first-order chi connectivity index (χ1) is 14.8. The first-order valence-electron chi connectivity index (χ1n) is 10.4. The van der Waals surface area contributed by atoms with Crippen LogP contribution in [0, 0.1) is 22.7 Å². The molecular weight excluding hydrogens is 405 g/mol. The zero-order chi connectivity index (χ0) is 22.1. The van der Waals surface area contributed by atoms with E-state index in [4.69, 9.17) is 5.26 Å². The first kappa shape index (κ1) is 21.6. The topological polar surface area (TPSA) is 63.4 Å². The molecule has 1 unspecified atom stereocenters. The van der Waals surface area contributed by atoms with Crippen LogP contribution in [-0.4, -0.2) is 47.8 Å². The number of nitrogens with zero attached hydrogens (tertiary/aromatic N) is 4. The highest BCUT2D eigenvalue weighted by Crippen LogP contribution is 2.46. The number of hydrogen-bond donors (Lipinski definition) is 1. The molecule has 0 bridgehead atoms. The lowest BCUT2D eigenvalue weighted by Gasteiger charge is -2.42. The van der Waals surface area contributed by atoms with Crippen molar-refractivity contribution in [3.05, 3.63) is 59.4 Å². The minimum Gasteiger partial charge on any atom is -0.396 e. The molecule has 0 aliphatic carbocycles. The summed E-state index contributed by atoms with van der Waals surface area (Å²) in [5.74, 6) is 0.0144. The van der Waals surface area contributed by atoms with E-state index in [0.717, 1.165) is 38.5 Å². The SMILES string of the molecule is N#Cc1ccc(N2CC(CO)C3(CCN(Cc4ccncc4)CC3)C2)cc1C(F)(F)F. The highest BCUT2D eigenvalue weighted by atomic mass is 19.4. The largest absolute Gasteiger partial charge is 0.417 e. The van der Waals surface area contributed by atoms with Crippen LogP contribution in [0.3, 0.4) is 0 Å². The monoisotopic (exact) mass is 430 g/mol. The Labute approximate surface area is 179 Å². The number of hydrogen-bond acceptors (Lipinski definition) is 5. The molecule has 3 heterocycles. The third-order valence-electron chi connectivity index (χ3n) is 6.83. The Balaban J connectivity index is 1.49. The molecule has 0 radical (unpaired) electrons. The van der Waals surface area contributed by atoms with E-state index < -0.39 is 11.7 Å². The normalized spacial score (nSPS) is 21.4. The number of pyridine rings is 1. The Bertz CT molecular complexity index is 950. The van der Waals surface area contributed by atoms with Gasteiger partial charge in [0, 0.05) is 50.2 Å². The minimum atomic E-state index is -4.58. The molecule has 0 amide bonds. The summed E-state index contributed by atoms with van der Waals surface area (Å²) in [7, 11) is 0. The van der Waals surface area contributed by atoms with Gasteiger partial charge in [-0.3, -0.25) is 9.88 Å². The number of piperidine rings is 1. The van der Waals surface area contributed by atoms with Crippen molar-refractivity contribution in [3.63, 3.8) is 0 Å². The number of likely N-dealkylation sites (tertiary alicyclic amines) is 1. The maximum Gasteiger partial charge on any atom is 0.417 e. The van der Waals surface area contributed by atoms with E-state index in [1.165, 1.54) is 11.6 Å². The van der Waals surface area contributed by atoms with Crippen molar-refractivity contribution in [1.82, 2.24) is 9.88 Å². The van der Waals surface area contributed by atoms with Crippen molar-refractivity contribution in [1.29, 1.82) is 5.26 Å². The molecule has 1 atom stereocenters.